The molecule has 0 radical (unpaired) electrons. The summed E-state index contributed by atoms with van der Waals surface area (Å²) in [6, 6.07) is 6.43. The largest absolute Gasteiger partial charge is 0.508 e. The molecule has 0 heterocycles. The van der Waals surface area contributed by atoms with Crippen molar-refractivity contribution >= 4 is 0 Å². The zero-order chi connectivity index (χ0) is 12.1. The molecule has 16 heavy (non-hydrogen) atoms. The van der Waals surface area contributed by atoms with Crippen LogP contribution in [0.1, 0.15) is 50.8 Å². The number of aromatic hydroxyl groups is 1. The molecule has 2 nitrogen and oxygen atoms in total. The summed E-state index contributed by atoms with van der Waals surface area (Å²) < 4.78 is 0. The maximum absolute atomic E-state index is 9.81. The lowest BCUT2D eigenvalue weighted by Gasteiger charge is -2.21. The summed E-state index contributed by atoms with van der Waals surface area (Å²) in [5.74, 6) is 0.384. The van der Waals surface area contributed by atoms with Crippen molar-refractivity contribution < 1.29 is 5.11 Å². The summed E-state index contributed by atoms with van der Waals surface area (Å²) in [5, 5.41) is 13.3. The van der Waals surface area contributed by atoms with Gasteiger partial charge in [0.05, 0.1) is 0 Å². The molecule has 2 atom stereocenters. The number of rotatable bonds is 5. The highest BCUT2D eigenvalue weighted by atomic mass is 16.3. The molecular formula is C14H23NO. The van der Waals surface area contributed by atoms with Gasteiger partial charge in [-0.05, 0) is 33.3 Å². The second-order valence-electron chi connectivity index (χ2n) is 4.64. The summed E-state index contributed by atoms with van der Waals surface area (Å²) in [6.45, 7) is 8.52. The van der Waals surface area contributed by atoms with Crippen molar-refractivity contribution in [3.05, 3.63) is 29.3 Å². The molecule has 0 aliphatic rings. The van der Waals surface area contributed by atoms with Crippen molar-refractivity contribution in [1.82, 2.24) is 5.32 Å². The summed E-state index contributed by atoms with van der Waals surface area (Å²) in [6.07, 6.45) is 2.34. The van der Waals surface area contributed by atoms with E-state index in [0.717, 1.165) is 12.0 Å². The Bertz CT molecular complexity index is 336. The molecule has 0 aromatic heterocycles. The van der Waals surface area contributed by atoms with Crippen LogP contribution in [0.4, 0.5) is 0 Å². The van der Waals surface area contributed by atoms with Gasteiger partial charge in [0.2, 0.25) is 0 Å². The average molecular weight is 221 g/mol. The smallest absolute Gasteiger partial charge is 0.120 e. The molecule has 1 aromatic carbocycles. The number of hydrogen-bond donors (Lipinski definition) is 2. The maximum atomic E-state index is 9.81. The van der Waals surface area contributed by atoms with Crippen LogP contribution < -0.4 is 5.32 Å². The Balaban J connectivity index is 2.72. The highest BCUT2D eigenvalue weighted by Gasteiger charge is 2.12. The minimum absolute atomic E-state index is 0.196. The Labute approximate surface area is 98.7 Å². The first-order valence-corrected chi connectivity index (χ1v) is 6.10. The molecular weight excluding hydrogens is 198 g/mol. The van der Waals surface area contributed by atoms with Crippen molar-refractivity contribution in [3.63, 3.8) is 0 Å². The monoisotopic (exact) mass is 221 g/mol. The predicted molar refractivity (Wildman–Crippen MR) is 68.8 cm³/mol. The van der Waals surface area contributed by atoms with Crippen molar-refractivity contribution in [2.45, 2.75) is 52.6 Å². The Hall–Kier alpha value is -1.02. The highest BCUT2D eigenvalue weighted by Crippen LogP contribution is 2.25. The number of hydrogen-bond acceptors (Lipinski definition) is 2. The molecule has 2 heteroatoms. The first-order valence-electron chi connectivity index (χ1n) is 6.10. The SMILES string of the molecule is CCCC(C)NC(C)c1cc(C)ccc1O. The van der Waals surface area contributed by atoms with Gasteiger partial charge in [0.15, 0.2) is 0 Å². The fourth-order valence-corrected chi connectivity index (χ4v) is 2.05. The van der Waals surface area contributed by atoms with E-state index in [1.165, 1.54) is 12.0 Å². The first-order chi connectivity index (χ1) is 7.54. The van der Waals surface area contributed by atoms with Crippen LogP contribution in [0.2, 0.25) is 0 Å². The Morgan fingerprint density at radius 2 is 2.00 bits per heavy atom. The zero-order valence-electron chi connectivity index (χ0n) is 10.7. The summed E-state index contributed by atoms with van der Waals surface area (Å²) in [5.41, 5.74) is 2.17. The lowest BCUT2D eigenvalue weighted by Crippen LogP contribution is -2.28. The molecule has 0 spiro atoms. The molecule has 90 valence electrons. The lowest BCUT2D eigenvalue weighted by molar-refractivity contribution is 0.423. The molecule has 0 saturated carbocycles. The number of aryl methyl sites for hydroxylation is 1. The average Bonchev–Trinajstić information content (AvgIpc) is 2.21. The molecule has 2 unspecified atom stereocenters. The van der Waals surface area contributed by atoms with E-state index in [0.29, 0.717) is 11.8 Å². The van der Waals surface area contributed by atoms with Gasteiger partial charge in [-0.2, -0.15) is 0 Å². The van der Waals surface area contributed by atoms with Gasteiger partial charge < -0.3 is 10.4 Å². The van der Waals surface area contributed by atoms with E-state index >= 15 is 0 Å². The van der Waals surface area contributed by atoms with E-state index in [1.54, 1.807) is 6.07 Å². The minimum atomic E-state index is 0.196. The van der Waals surface area contributed by atoms with Crippen molar-refractivity contribution in [3.8, 4) is 5.75 Å². The van der Waals surface area contributed by atoms with Gasteiger partial charge in [0.25, 0.3) is 0 Å². The van der Waals surface area contributed by atoms with E-state index in [4.69, 9.17) is 0 Å². The fraction of sp³-hybridized carbons (Fsp3) is 0.571. The Morgan fingerprint density at radius 3 is 2.62 bits per heavy atom. The van der Waals surface area contributed by atoms with E-state index in [1.807, 2.05) is 19.1 Å². The van der Waals surface area contributed by atoms with Crippen LogP contribution in [0.3, 0.4) is 0 Å². The molecule has 1 rings (SSSR count). The van der Waals surface area contributed by atoms with E-state index < -0.39 is 0 Å². The van der Waals surface area contributed by atoms with Gasteiger partial charge in [0.1, 0.15) is 5.75 Å². The van der Waals surface area contributed by atoms with Gasteiger partial charge in [-0.15, -0.1) is 0 Å². The van der Waals surface area contributed by atoms with Gasteiger partial charge >= 0.3 is 0 Å². The number of phenols is 1. The third-order valence-electron chi connectivity index (χ3n) is 2.91. The van der Waals surface area contributed by atoms with Crippen molar-refractivity contribution in [2.24, 2.45) is 0 Å². The van der Waals surface area contributed by atoms with Crippen molar-refractivity contribution in [1.29, 1.82) is 0 Å². The van der Waals surface area contributed by atoms with Gasteiger partial charge in [-0.3, -0.25) is 0 Å². The van der Waals surface area contributed by atoms with Crippen LogP contribution in [0.25, 0.3) is 0 Å². The normalized spacial score (nSPS) is 14.8. The number of nitrogens with one attached hydrogen (secondary N) is 1. The van der Waals surface area contributed by atoms with Crippen LogP contribution >= 0.6 is 0 Å². The van der Waals surface area contributed by atoms with E-state index in [9.17, 15) is 5.11 Å². The maximum Gasteiger partial charge on any atom is 0.120 e. The Morgan fingerprint density at radius 1 is 1.31 bits per heavy atom. The number of benzene rings is 1. The van der Waals surface area contributed by atoms with Gasteiger partial charge in [0, 0.05) is 17.6 Å². The quantitative estimate of drug-likeness (QED) is 0.797. The molecule has 0 bridgehead atoms. The topological polar surface area (TPSA) is 32.3 Å². The van der Waals surface area contributed by atoms with Crippen molar-refractivity contribution in [2.75, 3.05) is 0 Å². The second kappa shape index (κ2) is 5.90. The second-order valence-corrected chi connectivity index (χ2v) is 4.64. The summed E-state index contributed by atoms with van der Waals surface area (Å²) >= 11 is 0. The lowest BCUT2D eigenvalue weighted by atomic mass is 10.0. The standard InChI is InChI=1S/C14H23NO/c1-5-6-11(3)15-12(4)13-9-10(2)7-8-14(13)16/h7-9,11-12,15-16H,5-6H2,1-4H3. The third kappa shape index (κ3) is 3.53. The van der Waals surface area contributed by atoms with Crippen LogP contribution in [0.5, 0.6) is 5.75 Å². The Kier molecular flexibility index (Phi) is 4.81. The molecule has 0 fully saturated rings. The van der Waals surface area contributed by atoms with Crippen LogP contribution in [0, 0.1) is 6.92 Å². The fourth-order valence-electron chi connectivity index (χ4n) is 2.05. The predicted octanol–water partition coefficient (Wildman–Crippen LogP) is 3.54. The number of phenolic OH excluding ortho intramolecular Hbond substituents is 1. The third-order valence-corrected chi connectivity index (χ3v) is 2.91. The molecule has 0 aliphatic heterocycles. The first kappa shape index (κ1) is 13.0. The molecule has 0 saturated heterocycles. The van der Waals surface area contributed by atoms with E-state index in [-0.39, 0.29) is 6.04 Å². The van der Waals surface area contributed by atoms with Gasteiger partial charge in [-0.25, -0.2) is 0 Å². The summed E-state index contributed by atoms with van der Waals surface area (Å²) in [7, 11) is 0. The molecule has 2 N–H and O–H groups in total. The highest BCUT2D eigenvalue weighted by molar-refractivity contribution is 5.37. The zero-order valence-corrected chi connectivity index (χ0v) is 10.7. The van der Waals surface area contributed by atoms with Crippen LogP contribution in [-0.2, 0) is 0 Å². The van der Waals surface area contributed by atoms with Gasteiger partial charge in [-0.1, -0.05) is 31.0 Å². The molecule has 0 amide bonds. The molecule has 0 aliphatic carbocycles. The molecule has 1 aromatic rings. The summed E-state index contributed by atoms with van der Waals surface area (Å²) in [4.78, 5) is 0. The minimum Gasteiger partial charge on any atom is -0.508 e. The van der Waals surface area contributed by atoms with Crippen LogP contribution in [-0.4, -0.2) is 11.1 Å². The van der Waals surface area contributed by atoms with E-state index in [2.05, 4.69) is 26.1 Å². The van der Waals surface area contributed by atoms with Crippen LogP contribution in [0.15, 0.2) is 18.2 Å².